The lowest BCUT2D eigenvalue weighted by atomic mass is 9.77. The van der Waals surface area contributed by atoms with E-state index in [0.717, 1.165) is 25.8 Å². The fourth-order valence-corrected chi connectivity index (χ4v) is 2.22. The molecule has 2 heteroatoms. The summed E-state index contributed by atoms with van der Waals surface area (Å²) in [5.74, 6) is -0.157. The Morgan fingerprint density at radius 3 is 2.12 bits per heavy atom. The molecule has 0 saturated carbocycles. The van der Waals surface area contributed by atoms with Gasteiger partial charge in [-0.15, -0.1) is 0 Å². The zero-order valence-corrected chi connectivity index (χ0v) is 10.5. The van der Waals surface area contributed by atoms with Gasteiger partial charge in [0.05, 0.1) is 0 Å². The average molecular weight is 223 g/mol. The van der Waals surface area contributed by atoms with Crippen molar-refractivity contribution in [1.29, 1.82) is 0 Å². The van der Waals surface area contributed by atoms with E-state index < -0.39 is 0 Å². The van der Waals surface area contributed by atoms with Crippen LogP contribution in [0.25, 0.3) is 0 Å². The van der Waals surface area contributed by atoms with Crippen molar-refractivity contribution in [3.05, 3.63) is 35.6 Å². The molecule has 0 heterocycles. The molecule has 0 unspecified atom stereocenters. The molecule has 90 valence electrons. The first-order valence-corrected chi connectivity index (χ1v) is 6.05. The summed E-state index contributed by atoms with van der Waals surface area (Å²) in [6.07, 6.45) is 3.30. The summed E-state index contributed by atoms with van der Waals surface area (Å²) in [6, 6.07) is 6.88. The van der Waals surface area contributed by atoms with Crippen molar-refractivity contribution in [1.82, 2.24) is 5.32 Å². The van der Waals surface area contributed by atoms with Crippen molar-refractivity contribution in [2.45, 2.75) is 33.1 Å². The summed E-state index contributed by atoms with van der Waals surface area (Å²) < 4.78 is 12.8. The molecule has 16 heavy (non-hydrogen) atoms. The Bertz CT molecular complexity index is 301. The molecule has 0 spiro atoms. The number of rotatable bonds is 6. The predicted molar refractivity (Wildman–Crippen MR) is 67.0 cm³/mol. The van der Waals surface area contributed by atoms with Gasteiger partial charge in [-0.2, -0.15) is 0 Å². The lowest BCUT2D eigenvalue weighted by Gasteiger charge is -2.31. The Labute approximate surface area is 98.1 Å². The van der Waals surface area contributed by atoms with Gasteiger partial charge >= 0.3 is 0 Å². The van der Waals surface area contributed by atoms with Crippen LogP contribution in [-0.4, -0.2) is 13.6 Å². The molecule has 0 fully saturated rings. The predicted octanol–water partition coefficient (Wildman–Crippen LogP) is 3.39. The van der Waals surface area contributed by atoms with Gasteiger partial charge in [-0.05, 0) is 49.4 Å². The van der Waals surface area contributed by atoms with Crippen LogP contribution in [0.5, 0.6) is 0 Å². The Morgan fingerprint density at radius 1 is 1.12 bits per heavy atom. The topological polar surface area (TPSA) is 12.0 Å². The first kappa shape index (κ1) is 13.2. The van der Waals surface area contributed by atoms with Crippen LogP contribution in [0.15, 0.2) is 24.3 Å². The van der Waals surface area contributed by atoms with E-state index in [1.165, 1.54) is 5.56 Å². The Kier molecular flexibility index (Phi) is 4.94. The van der Waals surface area contributed by atoms with E-state index in [-0.39, 0.29) is 5.82 Å². The molecule has 0 atom stereocenters. The smallest absolute Gasteiger partial charge is 0.123 e. The van der Waals surface area contributed by atoms with Gasteiger partial charge in [0.25, 0.3) is 0 Å². The monoisotopic (exact) mass is 223 g/mol. The number of hydrogen-bond donors (Lipinski definition) is 1. The summed E-state index contributed by atoms with van der Waals surface area (Å²) in [6.45, 7) is 5.46. The quantitative estimate of drug-likeness (QED) is 0.779. The van der Waals surface area contributed by atoms with E-state index in [0.29, 0.717) is 5.41 Å². The molecular weight excluding hydrogens is 201 g/mol. The van der Waals surface area contributed by atoms with Gasteiger partial charge in [0.15, 0.2) is 0 Å². The number of nitrogens with one attached hydrogen (secondary N) is 1. The molecule has 0 bridgehead atoms. The van der Waals surface area contributed by atoms with Crippen molar-refractivity contribution in [2.75, 3.05) is 13.6 Å². The first-order chi connectivity index (χ1) is 7.65. The highest BCUT2D eigenvalue weighted by Gasteiger charge is 2.25. The third-order valence-electron chi connectivity index (χ3n) is 3.54. The highest BCUT2D eigenvalue weighted by Crippen LogP contribution is 2.30. The summed E-state index contributed by atoms with van der Waals surface area (Å²) in [5, 5.41) is 3.27. The number of hydrogen-bond acceptors (Lipinski definition) is 1. The van der Waals surface area contributed by atoms with E-state index in [4.69, 9.17) is 0 Å². The lowest BCUT2D eigenvalue weighted by molar-refractivity contribution is 0.253. The number of benzene rings is 1. The van der Waals surface area contributed by atoms with E-state index in [1.54, 1.807) is 12.1 Å². The maximum absolute atomic E-state index is 12.8. The van der Waals surface area contributed by atoms with E-state index in [9.17, 15) is 4.39 Å². The minimum Gasteiger partial charge on any atom is -0.319 e. The first-order valence-electron chi connectivity index (χ1n) is 6.05. The fraction of sp³-hybridized carbons (Fsp3) is 0.571. The minimum atomic E-state index is -0.157. The molecular formula is C14H22FN. The van der Waals surface area contributed by atoms with Crippen molar-refractivity contribution in [3.8, 4) is 0 Å². The van der Waals surface area contributed by atoms with Crippen LogP contribution in [0.2, 0.25) is 0 Å². The maximum Gasteiger partial charge on any atom is 0.123 e. The van der Waals surface area contributed by atoms with Gasteiger partial charge in [0.2, 0.25) is 0 Å². The molecule has 1 N–H and O–H groups in total. The summed E-state index contributed by atoms with van der Waals surface area (Å²) in [5.41, 5.74) is 1.52. The Hall–Kier alpha value is -0.890. The van der Waals surface area contributed by atoms with Crippen LogP contribution in [0, 0.1) is 11.2 Å². The third kappa shape index (κ3) is 3.31. The Balaban J connectivity index is 2.78. The second-order valence-electron chi connectivity index (χ2n) is 4.54. The number of halogens is 1. The van der Waals surface area contributed by atoms with Crippen LogP contribution in [0.4, 0.5) is 4.39 Å². The molecule has 0 amide bonds. The van der Waals surface area contributed by atoms with Gasteiger partial charge in [-0.3, -0.25) is 0 Å². The van der Waals surface area contributed by atoms with Crippen LogP contribution >= 0.6 is 0 Å². The van der Waals surface area contributed by atoms with Crippen molar-refractivity contribution < 1.29 is 4.39 Å². The van der Waals surface area contributed by atoms with Crippen molar-refractivity contribution in [2.24, 2.45) is 5.41 Å². The standard InChI is InChI=1S/C14H22FN/c1-4-14(5-2,11-16-3)10-12-6-8-13(15)9-7-12/h6-9,16H,4-5,10-11H2,1-3H3. The highest BCUT2D eigenvalue weighted by molar-refractivity contribution is 5.18. The maximum atomic E-state index is 12.8. The van der Waals surface area contributed by atoms with Gasteiger partial charge in [0.1, 0.15) is 5.82 Å². The van der Waals surface area contributed by atoms with Gasteiger partial charge in [-0.25, -0.2) is 4.39 Å². The fourth-order valence-electron chi connectivity index (χ4n) is 2.22. The molecule has 0 aromatic heterocycles. The minimum absolute atomic E-state index is 0.157. The summed E-state index contributed by atoms with van der Waals surface area (Å²) in [7, 11) is 1.99. The van der Waals surface area contributed by atoms with Crippen LogP contribution < -0.4 is 5.32 Å². The van der Waals surface area contributed by atoms with Crippen LogP contribution in [0.1, 0.15) is 32.3 Å². The highest BCUT2D eigenvalue weighted by atomic mass is 19.1. The van der Waals surface area contributed by atoms with Crippen LogP contribution in [-0.2, 0) is 6.42 Å². The van der Waals surface area contributed by atoms with E-state index in [2.05, 4.69) is 19.2 Å². The summed E-state index contributed by atoms with van der Waals surface area (Å²) >= 11 is 0. The largest absolute Gasteiger partial charge is 0.319 e. The molecule has 0 aliphatic rings. The second kappa shape index (κ2) is 6.00. The average Bonchev–Trinajstić information content (AvgIpc) is 2.31. The molecule has 0 aliphatic heterocycles. The zero-order chi connectivity index (χ0) is 12.0. The summed E-state index contributed by atoms with van der Waals surface area (Å²) in [4.78, 5) is 0. The molecule has 1 aromatic rings. The van der Waals surface area contributed by atoms with Gasteiger partial charge < -0.3 is 5.32 Å². The van der Waals surface area contributed by atoms with Crippen molar-refractivity contribution >= 4 is 0 Å². The molecule has 1 aromatic carbocycles. The third-order valence-corrected chi connectivity index (χ3v) is 3.54. The lowest BCUT2D eigenvalue weighted by Crippen LogP contribution is -2.33. The Morgan fingerprint density at radius 2 is 1.69 bits per heavy atom. The second-order valence-corrected chi connectivity index (χ2v) is 4.54. The molecule has 0 saturated heterocycles. The van der Waals surface area contributed by atoms with E-state index in [1.807, 2.05) is 19.2 Å². The van der Waals surface area contributed by atoms with Crippen LogP contribution in [0.3, 0.4) is 0 Å². The molecule has 1 nitrogen and oxygen atoms in total. The van der Waals surface area contributed by atoms with Crippen molar-refractivity contribution in [3.63, 3.8) is 0 Å². The van der Waals surface area contributed by atoms with Gasteiger partial charge in [-0.1, -0.05) is 26.0 Å². The molecule has 0 aliphatic carbocycles. The van der Waals surface area contributed by atoms with Gasteiger partial charge in [0, 0.05) is 6.54 Å². The SMILES string of the molecule is CCC(CC)(CNC)Cc1ccc(F)cc1. The normalized spacial score (nSPS) is 11.8. The molecule has 0 radical (unpaired) electrons. The molecule has 1 rings (SSSR count). The zero-order valence-electron chi connectivity index (χ0n) is 10.5. The van der Waals surface area contributed by atoms with E-state index >= 15 is 0 Å².